The van der Waals surface area contributed by atoms with E-state index in [-0.39, 0.29) is 18.5 Å². The third-order valence-corrected chi connectivity index (χ3v) is 4.71. The highest BCUT2D eigenvalue weighted by atomic mass is 35.5. The van der Waals surface area contributed by atoms with E-state index >= 15 is 0 Å². The third-order valence-electron chi connectivity index (χ3n) is 4.71. The van der Waals surface area contributed by atoms with Crippen molar-refractivity contribution in [3.63, 3.8) is 0 Å². The Balaban J connectivity index is 0. The third kappa shape index (κ3) is 18.4. The fourth-order valence-electron chi connectivity index (χ4n) is 3.23. The van der Waals surface area contributed by atoms with Gasteiger partial charge in [0, 0.05) is 0 Å². The van der Waals surface area contributed by atoms with Crippen molar-refractivity contribution in [1.29, 1.82) is 0 Å². The molecule has 0 radical (unpaired) electrons. The molecule has 3 heteroatoms. The minimum atomic E-state index is -0.110. The van der Waals surface area contributed by atoms with Gasteiger partial charge in [-0.1, -0.05) is 78.1 Å². The Bertz CT molecular complexity index is 234. The number of nitrogens with zero attached hydrogens (tertiary/aromatic N) is 1. The standard InChI is InChI=1S/C20H44NO.ClH/c1-5-7-9-11-13-15-17-20(22)19-21(3,4)18-16-14-12-10-8-6-2;/h20,22H,5-19H2,1-4H3;1H/q+1;/p-1. The lowest BCUT2D eigenvalue weighted by Crippen LogP contribution is -3.00. The highest BCUT2D eigenvalue weighted by Gasteiger charge is 2.19. The smallest absolute Gasteiger partial charge is 0.105 e. The zero-order valence-corrected chi connectivity index (χ0v) is 17.2. The van der Waals surface area contributed by atoms with Crippen molar-refractivity contribution in [2.45, 2.75) is 103 Å². The van der Waals surface area contributed by atoms with Gasteiger partial charge in [0.05, 0.1) is 20.6 Å². The molecule has 0 aliphatic rings. The van der Waals surface area contributed by atoms with Gasteiger partial charge in [0.25, 0.3) is 0 Å². The Hall–Kier alpha value is 0.210. The first-order chi connectivity index (χ1) is 10.5. The van der Waals surface area contributed by atoms with Crippen LogP contribution in [0.3, 0.4) is 0 Å². The highest BCUT2D eigenvalue weighted by Crippen LogP contribution is 2.12. The highest BCUT2D eigenvalue weighted by molar-refractivity contribution is 4.56. The summed E-state index contributed by atoms with van der Waals surface area (Å²) in [4.78, 5) is 0. The maximum atomic E-state index is 10.2. The molecule has 1 unspecified atom stereocenters. The summed E-state index contributed by atoms with van der Waals surface area (Å²) in [6.07, 6.45) is 16.9. The van der Waals surface area contributed by atoms with E-state index in [1.165, 1.54) is 83.6 Å². The van der Waals surface area contributed by atoms with Crippen LogP contribution in [0.5, 0.6) is 0 Å². The fourth-order valence-corrected chi connectivity index (χ4v) is 3.23. The number of hydrogen-bond donors (Lipinski definition) is 1. The number of unbranched alkanes of at least 4 members (excludes halogenated alkanes) is 10. The minimum Gasteiger partial charge on any atom is -1.00 e. The second-order valence-electron chi connectivity index (χ2n) is 7.82. The van der Waals surface area contributed by atoms with Crippen LogP contribution < -0.4 is 12.4 Å². The molecule has 0 aliphatic heterocycles. The van der Waals surface area contributed by atoms with Gasteiger partial charge in [0.15, 0.2) is 0 Å². The maximum Gasteiger partial charge on any atom is 0.105 e. The molecule has 0 amide bonds. The van der Waals surface area contributed by atoms with Crippen molar-refractivity contribution in [1.82, 2.24) is 0 Å². The summed E-state index contributed by atoms with van der Waals surface area (Å²) in [5.74, 6) is 0. The lowest BCUT2D eigenvalue weighted by atomic mass is 10.1. The van der Waals surface area contributed by atoms with Crippen molar-refractivity contribution >= 4 is 0 Å². The summed E-state index contributed by atoms with van der Waals surface area (Å²) in [5, 5.41) is 10.2. The summed E-state index contributed by atoms with van der Waals surface area (Å²) in [5.41, 5.74) is 0. The molecular formula is C20H44ClNO. The maximum absolute atomic E-state index is 10.2. The van der Waals surface area contributed by atoms with Gasteiger partial charge >= 0.3 is 0 Å². The SMILES string of the molecule is CCCCCCCCC(O)C[N+](C)(C)CCCCCCCC.[Cl-]. The van der Waals surface area contributed by atoms with Gasteiger partial charge in [-0.3, -0.25) is 0 Å². The van der Waals surface area contributed by atoms with Crippen LogP contribution in [0.15, 0.2) is 0 Å². The molecule has 1 atom stereocenters. The van der Waals surface area contributed by atoms with Crippen molar-refractivity contribution in [2.24, 2.45) is 0 Å². The molecule has 0 spiro atoms. The lowest BCUT2D eigenvalue weighted by molar-refractivity contribution is -0.893. The van der Waals surface area contributed by atoms with E-state index in [0.29, 0.717) is 0 Å². The first-order valence-corrected chi connectivity index (χ1v) is 10.0. The predicted octanol–water partition coefficient (Wildman–Crippen LogP) is 2.54. The predicted molar refractivity (Wildman–Crippen MR) is 99.2 cm³/mol. The van der Waals surface area contributed by atoms with Crippen LogP contribution in [0.1, 0.15) is 97.3 Å². The molecule has 23 heavy (non-hydrogen) atoms. The van der Waals surface area contributed by atoms with Gasteiger partial charge in [-0.25, -0.2) is 0 Å². The summed E-state index contributed by atoms with van der Waals surface area (Å²) in [6.45, 7) is 6.66. The van der Waals surface area contributed by atoms with Gasteiger partial charge in [0.1, 0.15) is 12.6 Å². The normalized spacial score (nSPS) is 12.9. The Morgan fingerprint density at radius 3 is 1.65 bits per heavy atom. The van der Waals surface area contributed by atoms with Crippen LogP contribution in [-0.4, -0.2) is 42.9 Å². The van der Waals surface area contributed by atoms with Gasteiger partial charge in [0.2, 0.25) is 0 Å². The topological polar surface area (TPSA) is 20.2 Å². The van der Waals surface area contributed by atoms with Crippen LogP contribution >= 0.6 is 0 Å². The first-order valence-electron chi connectivity index (χ1n) is 10.0. The first kappa shape index (κ1) is 25.5. The Kier molecular flexibility index (Phi) is 18.9. The van der Waals surface area contributed by atoms with E-state index in [0.717, 1.165) is 17.4 Å². The van der Waals surface area contributed by atoms with E-state index in [4.69, 9.17) is 0 Å². The number of quaternary nitrogens is 1. The second-order valence-corrected chi connectivity index (χ2v) is 7.82. The lowest BCUT2D eigenvalue weighted by Gasteiger charge is -2.32. The molecule has 0 saturated heterocycles. The van der Waals surface area contributed by atoms with Gasteiger partial charge < -0.3 is 22.0 Å². The molecule has 0 fully saturated rings. The summed E-state index contributed by atoms with van der Waals surface area (Å²) >= 11 is 0. The number of aliphatic hydroxyl groups excluding tert-OH is 1. The molecule has 0 heterocycles. The molecule has 142 valence electrons. The fraction of sp³-hybridized carbons (Fsp3) is 1.00. The zero-order valence-electron chi connectivity index (χ0n) is 16.5. The Morgan fingerprint density at radius 2 is 1.13 bits per heavy atom. The average Bonchev–Trinajstić information content (AvgIpc) is 2.46. The van der Waals surface area contributed by atoms with Crippen LogP contribution in [0.4, 0.5) is 0 Å². The van der Waals surface area contributed by atoms with Gasteiger partial charge in [-0.15, -0.1) is 0 Å². The molecule has 0 saturated carbocycles. The largest absolute Gasteiger partial charge is 1.00 e. The van der Waals surface area contributed by atoms with E-state index in [1.807, 2.05) is 0 Å². The van der Waals surface area contributed by atoms with Crippen LogP contribution in [0, 0.1) is 0 Å². The summed E-state index contributed by atoms with van der Waals surface area (Å²) < 4.78 is 0.977. The second kappa shape index (κ2) is 17.0. The summed E-state index contributed by atoms with van der Waals surface area (Å²) in [6, 6.07) is 0. The molecule has 0 rings (SSSR count). The molecule has 0 aliphatic carbocycles. The van der Waals surface area contributed by atoms with Crippen molar-refractivity contribution in [3.8, 4) is 0 Å². The number of rotatable bonds is 16. The van der Waals surface area contributed by atoms with Crippen LogP contribution in [-0.2, 0) is 0 Å². The minimum absolute atomic E-state index is 0. The number of halogens is 1. The average molecular weight is 350 g/mol. The molecule has 2 nitrogen and oxygen atoms in total. The molecule has 0 aromatic rings. The van der Waals surface area contributed by atoms with Crippen molar-refractivity contribution in [3.05, 3.63) is 0 Å². The van der Waals surface area contributed by atoms with E-state index in [1.54, 1.807) is 0 Å². The zero-order chi connectivity index (χ0) is 16.7. The van der Waals surface area contributed by atoms with Crippen LogP contribution in [0.25, 0.3) is 0 Å². The molecule has 1 N–H and O–H groups in total. The van der Waals surface area contributed by atoms with Crippen LogP contribution in [0.2, 0.25) is 0 Å². The number of aliphatic hydroxyl groups is 1. The molecule has 0 bridgehead atoms. The van der Waals surface area contributed by atoms with Gasteiger partial charge in [-0.2, -0.15) is 0 Å². The molecule has 0 aromatic heterocycles. The van der Waals surface area contributed by atoms with Gasteiger partial charge in [-0.05, 0) is 19.3 Å². The van der Waals surface area contributed by atoms with E-state index in [2.05, 4.69) is 27.9 Å². The molecular weight excluding hydrogens is 306 g/mol. The quantitative estimate of drug-likeness (QED) is 0.335. The molecule has 0 aromatic carbocycles. The number of hydrogen-bond acceptors (Lipinski definition) is 1. The Labute approximate surface area is 153 Å². The van der Waals surface area contributed by atoms with E-state index < -0.39 is 0 Å². The van der Waals surface area contributed by atoms with Crippen molar-refractivity contribution < 1.29 is 22.0 Å². The van der Waals surface area contributed by atoms with E-state index in [9.17, 15) is 5.11 Å². The monoisotopic (exact) mass is 349 g/mol. The Morgan fingerprint density at radius 1 is 0.696 bits per heavy atom. The van der Waals surface area contributed by atoms with Crippen molar-refractivity contribution in [2.75, 3.05) is 27.2 Å². The summed E-state index contributed by atoms with van der Waals surface area (Å²) in [7, 11) is 4.55. The number of likely N-dealkylation sites (N-methyl/N-ethyl adjacent to an activating group) is 1.